The molecule has 0 amide bonds. The zero-order valence-electron chi connectivity index (χ0n) is 8.53. The van der Waals surface area contributed by atoms with Gasteiger partial charge in [0.2, 0.25) is 0 Å². The fraction of sp³-hybridized carbons (Fsp3) is 0.778. The van der Waals surface area contributed by atoms with Gasteiger partial charge in [-0.25, -0.2) is 0 Å². The smallest absolute Gasteiger partial charge is 0.319 e. The second-order valence-corrected chi connectivity index (χ2v) is 3.44. The topological polar surface area (TPSA) is 61.8 Å². The number of ether oxygens (including phenoxy) is 3. The Kier molecular flexibility index (Phi) is 2.92. The van der Waals surface area contributed by atoms with E-state index in [-0.39, 0.29) is 12.8 Å². The third-order valence-electron chi connectivity index (χ3n) is 2.73. The molecule has 1 rings (SSSR count). The summed E-state index contributed by atoms with van der Waals surface area (Å²) >= 11 is 0. The molecule has 0 aromatic heterocycles. The van der Waals surface area contributed by atoms with Crippen molar-refractivity contribution in [3.63, 3.8) is 0 Å². The maximum absolute atomic E-state index is 11.3. The highest BCUT2D eigenvalue weighted by atomic mass is 16.7. The molecule has 0 N–H and O–H groups in total. The third kappa shape index (κ3) is 1.42. The summed E-state index contributed by atoms with van der Waals surface area (Å²) in [4.78, 5) is 22.1. The zero-order chi connectivity index (χ0) is 10.8. The van der Waals surface area contributed by atoms with Gasteiger partial charge in [0, 0.05) is 27.1 Å². The number of carbonyl (C=O) groups excluding carboxylic acids is 2. The average Bonchev–Trinajstić information content (AvgIpc) is 2.18. The van der Waals surface area contributed by atoms with Crippen LogP contribution in [0.15, 0.2) is 0 Å². The van der Waals surface area contributed by atoms with Crippen molar-refractivity contribution in [1.82, 2.24) is 0 Å². The van der Waals surface area contributed by atoms with E-state index in [1.807, 2.05) is 0 Å². The van der Waals surface area contributed by atoms with E-state index in [0.29, 0.717) is 6.29 Å². The highest BCUT2D eigenvalue weighted by Gasteiger charge is 2.61. The molecule has 0 radical (unpaired) electrons. The van der Waals surface area contributed by atoms with Crippen molar-refractivity contribution in [3.05, 3.63) is 0 Å². The Balaban J connectivity index is 2.74. The van der Waals surface area contributed by atoms with Crippen LogP contribution < -0.4 is 0 Å². The van der Waals surface area contributed by atoms with Crippen LogP contribution in [0.5, 0.6) is 0 Å². The second kappa shape index (κ2) is 3.67. The van der Waals surface area contributed by atoms with Gasteiger partial charge in [-0.3, -0.25) is 4.79 Å². The zero-order valence-corrected chi connectivity index (χ0v) is 8.53. The van der Waals surface area contributed by atoms with Gasteiger partial charge in [0.1, 0.15) is 11.7 Å². The van der Waals surface area contributed by atoms with Gasteiger partial charge >= 0.3 is 5.97 Å². The van der Waals surface area contributed by atoms with Crippen LogP contribution in [0.25, 0.3) is 0 Å². The highest BCUT2D eigenvalue weighted by molar-refractivity contribution is 5.94. The molecule has 1 saturated carbocycles. The predicted octanol–water partition coefficient (Wildman–Crippen LogP) is 0.128. The molecule has 5 nitrogen and oxygen atoms in total. The van der Waals surface area contributed by atoms with Gasteiger partial charge in [-0.1, -0.05) is 0 Å². The summed E-state index contributed by atoms with van der Waals surface area (Å²) in [6, 6.07) is 0. The lowest BCUT2D eigenvalue weighted by molar-refractivity contribution is -0.286. The molecule has 0 atom stereocenters. The summed E-state index contributed by atoms with van der Waals surface area (Å²) < 4.78 is 14.7. The quantitative estimate of drug-likeness (QED) is 0.280. The SMILES string of the molecule is COC(=O)C1(C=O)CC(OC)(OC)C1. The molecule has 0 saturated heterocycles. The number of methoxy groups -OCH3 is 3. The normalized spacial score (nSPS) is 22.2. The number of esters is 1. The van der Waals surface area contributed by atoms with Crippen LogP contribution in [0.1, 0.15) is 12.8 Å². The van der Waals surface area contributed by atoms with E-state index in [1.165, 1.54) is 21.3 Å². The molecule has 1 aliphatic rings. The Morgan fingerprint density at radius 3 is 2.00 bits per heavy atom. The lowest BCUT2D eigenvalue weighted by Crippen LogP contribution is -2.59. The summed E-state index contributed by atoms with van der Waals surface area (Å²) in [6.45, 7) is 0. The Labute approximate surface area is 82.3 Å². The Morgan fingerprint density at radius 2 is 1.71 bits per heavy atom. The minimum atomic E-state index is -1.08. The molecule has 0 aromatic carbocycles. The molecule has 1 fully saturated rings. The van der Waals surface area contributed by atoms with Crippen molar-refractivity contribution in [3.8, 4) is 0 Å². The van der Waals surface area contributed by atoms with Crippen molar-refractivity contribution in [2.75, 3.05) is 21.3 Å². The molecule has 80 valence electrons. The largest absolute Gasteiger partial charge is 0.468 e. The molecular weight excluding hydrogens is 188 g/mol. The van der Waals surface area contributed by atoms with Crippen LogP contribution in [0.2, 0.25) is 0 Å². The van der Waals surface area contributed by atoms with Crippen LogP contribution in [-0.2, 0) is 23.8 Å². The van der Waals surface area contributed by atoms with Gasteiger partial charge in [-0.05, 0) is 0 Å². The first-order valence-electron chi connectivity index (χ1n) is 4.23. The maximum Gasteiger partial charge on any atom is 0.319 e. The van der Waals surface area contributed by atoms with Gasteiger partial charge in [-0.15, -0.1) is 0 Å². The van der Waals surface area contributed by atoms with E-state index in [1.54, 1.807) is 0 Å². The number of hydrogen-bond acceptors (Lipinski definition) is 5. The van der Waals surface area contributed by atoms with Gasteiger partial charge in [0.25, 0.3) is 0 Å². The number of rotatable bonds is 4. The van der Waals surface area contributed by atoms with Crippen LogP contribution >= 0.6 is 0 Å². The first-order chi connectivity index (χ1) is 6.58. The van der Waals surface area contributed by atoms with Crippen molar-refractivity contribution in [1.29, 1.82) is 0 Å². The molecule has 0 aliphatic heterocycles. The van der Waals surface area contributed by atoms with E-state index in [4.69, 9.17) is 9.47 Å². The van der Waals surface area contributed by atoms with E-state index >= 15 is 0 Å². The Hall–Kier alpha value is -0.940. The van der Waals surface area contributed by atoms with Crippen LogP contribution in [0, 0.1) is 5.41 Å². The molecule has 1 aliphatic carbocycles. The summed E-state index contributed by atoms with van der Waals surface area (Å²) in [6.07, 6.45) is 1.03. The van der Waals surface area contributed by atoms with Crippen molar-refractivity contribution >= 4 is 12.3 Å². The minimum absolute atomic E-state index is 0.211. The molecule has 14 heavy (non-hydrogen) atoms. The lowest BCUT2D eigenvalue weighted by Gasteiger charge is -2.48. The fourth-order valence-electron chi connectivity index (χ4n) is 1.76. The van der Waals surface area contributed by atoms with E-state index in [2.05, 4.69) is 4.74 Å². The number of carbonyl (C=O) groups is 2. The van der Waals surface area contributed by atoms with Gasteiger partial charge in [0.05, 0.1) is 7.11 Å². The average molecular weight is 202 g/mol. The van der Waals surface area contributed by atoms with Crippen LogP contribution in [0.4, 0.5) is 0 Å². The molecular formula is C9H14O5. The highest BCUT2D eigenvalue weighted by Crippen LogP contribution is 2.50. The lowest BCUT2D eigenvalue weighted by atomic mass is 9.65. The maximum atomic E-state index is 11.3. The molecule has 0 heterocycles. The molecule has 5 heteroatoms. The molecule has 0 spiro atoms. The summed E-state index contributed by atoms with van der Waals surface area (Å²) in [5.74, 6) is -1.34. The molecule has 0 bridgehead atoms. The van der Waals surface area contributed by atoms with Crippen LogP contribution in [-0.4, -0.2) is 39.4 Å². The van der Waals surface area contributed by atoms with Crippen molar-refractivity contribution < 1.29 is 23.8 Å². The van der Waals surface area contributed by atoms with Crippen molar-refractivity contribution in [2.45, 2.75) is 18.6 Å². The van der Waals surface area contributed by atoms with E-state index < -0.39 is 17.2 Å². The summed E-state index contributed by atoms with van der Waals surface area (Å²) in [7, 11) is 4.22. The standard InChI is InChI=1S/C9H14O5/c1-12-7(11)8(6-10)4-9(5-8,13-2)14-3/h6H,4-5H2,1-3H3. The Morgan fingerprint density at radius 1 is 1.21 bits per heavy atom. The van der Waals surface area contributed by atoms with Gasteiger partial charge in [-0.2, -0.15) is 0 Å². The van der Waals surface area contributed by atoms with Crippen molar-refractivity contribution in [2.24, 2.45) is 5.41 Å². The van der Waals surface area contributed by atoms with Gasteiger partial charge < -0.3 is 19.0 Å². The summed E-state index contributed by atoms with van der Waals surface area (Å²) in [5, 5.41) is 0. The first-order valence-corrected chi connectivity index (χ1v) is 4.23. The van der Waals surface area contributed by atoms with Crippen LogP contribution in [0.3, 0.4) is 0 Å². The number of aldehydes is 1. The number of hydrogen-bond donors (Lipinski definition) is 0. The Bertz CT molecular complexity index is 236. The third-order valence-corrected chi connectivity index (χ3v) is 2.73. The molecule has 0 aromatic rings. The second-order valence-electron chi connectivity index (χ2n) is 3.44. The van der Waals surface area contributed by atoms with E-state index in [9.17, 15) is 9.59 Å². The fourth-order valence-corrected chi connectivity index (χ4v) is 1.76. The van der Waals surface area contributed by atoms with E-state index in [0.717, 1.165) is 0 Å². The molecule has 0 unspecified atom stereocenters. The van der Waals surface area contributed by atoms with Gasteiger partial charge in [0.15, 0.2) is 5.79 Å². The summed E-state index contributed by atoms with van der Waals surface area (Å²) in [5.41, 5.74) is -1.08. The minimum Gasteiger partial charge on any atom is -0.468 e. The monoisotopic (exact) mass is 202 g/mol. The first kappa shape index (κ1) is 11.1. The predicted molar refractivity (Wildman–Crippen MR) is 46.5 cm³/mol.